The predicted molar refractivity (Wildman–Crippen MR) is 78.0 cm³/mol. The largest absolute Gasteiger partial charge is 0.468 e. The molecule has 0 fully saturated rings. The molecule has 2 heteroatoms. The average Bonchev–Trinajstić information content (AvgIpc) is 2.38. The van der Waals surface area contributed by atoms with Crippen LogP contribution in [0.3, 0.4) is 0 Å². The van der Waals surface area contributed by atoms with Gasteiger partial charge in [0.25, 0.3) is 0 Å². The molecule has 0 heterocycles. The van der Waals surface area contributed by atoms with Crippen LogP contribution in [-0.4, -0.2) is 11.9 Å². The molecule has 0 rings (SSSR count). The molecule has 0 spiro atoms. The van der Waals surface area contributed by atoms with Gasteiger partial charge in [0.15, 0.2) is 6.79 Å². The zero-order valence-corrected chi connectivity index (χ0v) is 11.9. The molecule has 0 aromatic rings. The SMILES string of the molecule is C=C/C(=C\C=C(/C=C)C(C)(CC)CCC)OCO. The summed E-state index contributed by atoms with van der Waals surface area (Å²) in [5.41, 5.74) is 1.33. The Hall–Kier alpha value is -1.28. The monoisotopic (exact) mass is 250 g/mol. The Morgan fingerprint density at radius 3 is 2.28 bits per heavy atom. The topological polar surface area (TPSA) is 29.5 Å². The van der Waals surface area contributed by atoms with Crippen molar-refractivity contribution in [2.24, 2.45) is 5.41 Å². The minimum Gasteiger partial charge on any atom is -0.468 e. The van der Waals surface area contributed by atoms with E-state index >= 15 is 0 Å². The second-order valence-electron chi connectivity index (χ2n) is 4.54. The third kappa shape index (κ3) is 4.92. The van der Waals surface area contributed by atoms with E-state index in [2.05, 4.69) is 33.9 Å². The van der Waals surface area contributed by atoms with Gasteiger partial charge in [0, 0.05) is 0 Å². The van der Waals surface area contributed by atoms with Crippen LogP contribution in [0.2, 0.25) is 0 Å². The molecule has 0 bridgehead atoms. The van der Waals surface area contributed by atoms with Crippen LogP contribution in [0, 0.1) is 5.41 Å². The first-order valence-electron chi connectivity index (χ1n) is 6.48. The van der Waals surface area contributed by atoms with Crippen molar-refractivity contribution in [3.05, 3.63) is 48.8 Å². The van der Waals surface area contributed by atoms with Gasteiger partial charge in [-0.1, -0.05) is 52.5 Å². The normalized spacial score (nSPS) is 16.0. The Kier molecular flexibility index (Phi) is 8.14. The summed E-state index contributed by atoms with van der Waals surface area (Å²) in [6, 6.07) is 0. The fraction of sp³-hybridized carbons (Fsp3) is 0.500. The summed E-state index contributed by atoms with van der Waals surface area (Å²) in [4.78, 5) is 0. The van der Waals surface area contributed by atoms with E-state index in [1.807, 2.05) is 18.2 Å². The van der Waals surface area contributed by atoms with Crippen molar-refractivity contribution >= 4 is 0 Å². The molecule has 0 aliphatic rings. The van der Waals surface area contributed by atoms with Crippen LogP contribution in [0.4, 0.5) is 0 Å². The number of allylic oxidation sites excluding steroid dienone is 5. The maximum atomic E-state index is 8.73. The first-order chi connectivity index (χ1) is 8.57. The van der Waals surface area contributed by atoms with Gasteiger partial charge < -0.3 is 9.84 Å². The molecule has 18 heavy (non-hydrogen) atoms. The maximum absolute atomic E-state index is 8.73. The van der Waals surface area contributed by atoms with Crippen molar-refractivity contribution in [3.8, 4) is 0 Å². The minimum atomic E-state index is -0.338. The number of hydrogen-bond acceptors (Lipinski definition) is 2. The molecule has 0 saturated carbocycles. The van der Waals surface area contributed by atoms with Gasteiger partial charge in [-0.15, -0.1) is 0 Å². The lowest BCUT2D eigenvalue weighted by atomic mass is 9.76. The van der Waals surface area contributed by atoms with Crippen molar-refractivity contribution in [1.29, 1.82) is 0 Å². The van der Waals surface area contributed by atoms with E-state index in [4.69, 9.17) is 9.84 Å². The predicted octanol–water partition coefficient (Wildman–Crippen LogP) is 4.35. The molecule has 1 unspecified atom stereocenters. The van der Waals surface area contributed by atoms with Gasteiger partial charge >= 0.3 is 0 Å². The lowest BCUT2D eigenvalue weighted by Crippen LogP contribution is -2.16. The molecular weight excluding hydrogens is 224 g/mol. The van der Waals surface area contributed by atoms with Gasteiger partial charge in [-0.3, -0.25) is 0 Å². The molecule has 2 nitrogen and oxygen atoms in total. The smallest absolute Gasteiger partial charge is 0.186 e. The van der Waals surface area contributed by atoms with Gasteiger partial charge in [-0.25, -0.2) is 0 Å². The number of aliphatic hydroxyl groups is 1. The molecule has 0 aromatic heterocycles. The third-order valence-electron chi connectivity index (χ3n) is 3.36. The fourth-order valence-corrected chi connectivity index (χ4v) is 2.01. The molecule has 0 aliphatic carbocycles. The zero-order valence-electron chi connectivity index (χ0n) is 11.9. The standard InChI is InChI=1S/C16H26O2/c1-6-12-16(5,9-4)14(7-2)10-11-15(8-3)18-13-17/h7-8,10-11,17H,2-3,6,9,12-13H2,1,4-5H3/b14-10+,15-11+. The number of aliphatic hydroxyl groups excluding tert-OH is 1. The Labute approximate surface area is 111 Å². The van der Waals surface area contributed by atoms with Crippen molar-refractivity contribution in [3.63, 3.8) is 0 Å². The van der Waals surface area contributed by atoms with Gasteiger partial charge in [-0.2, -0.15) is 0 Å². The molecular formula is C16H26O2. The highest BCUT2D eigenvalue weighted by Gasteiger charge is 2.23. The quantitative estimate of drug-likeness (QED) is 0.374. The summed E-state index contributed by atoms with van der Waals surface area (Å²) in [6.07, 6.45) is 10.6. The molecule has 1 N–H and O–H groups in total. The summed E-state index contributed by atoms with van der Waals surface area (Å²) in [6.45, 7) is 13.8. The van der Waals surface area contributed by atoms with Gasteiger partial charge in [0.2, 0.25) is 0 Å². The second kappa shape index (κ2) is 8.76. The van der Waals surface area contributed by atoms with Crippen molar-refractivity contribution in [2.45, 2.75) is 40.0 Å². The van der Waals surface area contributed by atoms with Crippen molar-refractivity contribution in [2.75, 3.05) is 6.79 Å². The Bertz CT molecular complexity index is 326. The summed E-state index contributed by atoms with van der Waals surface area (Å²) < 4.78 is 5.01. The van der Waals surface area contributed by atoms with E-state index in [0.717, 1.165) is 19.3 Å². The first kappa shape index (κ1) is 16.7. The molecule has 0 radical (unpaired) electrons. The number of ether oxygens (including phenoxy) is 1. The highest BCUT2D eigenvalue weighted by atomic mass is 16.6. The number of hydrogen-bond donors (Lipinski definition) is 1. The molecule has 0 saturated heterocycles. The molecule has 1 atom stereocenters. The van der Waals surface area contributed by atoms with Gasteiger partial charge in [0.05, 0.1) is 0 Å². The van der Waals surface area contributed by atoms with Crippen LogP contribution >= 0.6 is 0 Å². The van der Waals surface area contributed by atoms with E-state index in [-0.39, 0.29) is 12.2 Å². The molecule has 102 valence electrons. The highest BCUT2D eigenvalue weighted by Crippen LogP contribution is 2.36. The van der Waals surface area contributed by atoms with E-state index < -0.39 is 0 Å². The maximum Gasteiger partial charge on any atom is 0.186 e. The summed E-state index contributed by atoms with van der Waals surface area (Å²) in [5.74, 6) is 0.562. The van der Waals surface area contributed by atoms with Crippen LogP contribution < -0.4 is 0 Å². The Morgan fingerprint density at radius 2 is 1.89 bits per heavy atom. The van der Waals surface area contributed by atoms with Crippen molar-refractivity contribution in [1.82, 2.24) is 0 Å². The Balaban J connectivity index is 5.16. The van der Waals surface area contributed by atoms with Crippen molar-refractivity contribution < 1.29 is 9.84 Å². The van der Waals surface area contributed by atoms with Crippen LogP contribution in [-0.2, 0) is 4.74 Å². The third-order valence-corrected chi connectivity index (χ3v) is 3.36. The van der Waals surface area contributed by atoms with E-state index in [9.17, 15) is 0 Å². The number of rotatable bonds is 9. The van der Waals surface area contributed by atoms with E-state index in [1.165, 1.54) is 5.57 Å². The van der Waals surface area contributed by atoms with Crippen LogP contribution in [0.15, 0.2) is 48.8 Å². The summed E-state index contributed by atoms with van der Waals surface area (Å²) in [7, 11) is 0. The van der Waals surface area contributed by atoms with E-state index in [0.29, 0.717) is 5.76 Å². The van der Waals surface area contributed by atoms with Gasteiger partial charge in [-0.05, 0) is 36.0 Å². The molecule has 0 aliphatic heterocycles. The van der Waals surface area contributed by atoms with Gasteiger partial charge in [0.1, 0.15) is 5.76 Å². The van der Waals surface area contributed by atoms with Crippen LogP contribution in [0.5, 0.6) is 0 Å². The zero-order chi connectivity index (χ0) is 14.0. The fourth-order valence-electron chi connectivity index (χ4n) is 2.01. The molecule has 0 amide bonds. The first-order valence-corrected chi connectivity index (χ1v) is 6.48. The lowest BCUT2D eigenvalue weighted by Gasteiger charge is -2.29. The molecule has 0 aromatic carbocycles. The Morgan fingerprint density at radius 1 is 1.22 bits per heavy atom. The minimum absolute atomic E-state index is 0.137. The second-order valence-corrected chi connectivity index (χ2v) is 4.54. The average molecular weight is 250 g/mol. The van der Waals surface area contributed by atoms with Crippen LogP contribution in [0.1, 0.15) is 40.0 Å². The summed E-state index contributed by atoms with van der Waals surface area (Å²) in [5, 5.41) is 8.73. The van der Waals surface area contributed by atoms with Crippen LogP contribution in [0.25, 0.3) is 0 Å². The highest BCUT2D eigenvalue weighted by molar-refractivity contribution is 5.31. The van der Waals surface area contributed by atoms with E-state index in [1.54, 1.807) is 6.08 Å². The lowest BCUT2D eigenvalue weighted by molar-refractivity contribution is 0.0480. The summed E-state index contributed by atoms with van der Waals surface area (Å²) >= 11 is 0.